The molecule has 0 radical (unpaired) electrons. The Bertz CT molecular complexity index is 290. The highest BCUT2D eigenvalue weighted by Crippen LogP contribution is 2.40. The number of amides is 1. The Balaban J connectivity index is 2.09. The number of nitrogens with one attached hydrogen (secondary N) is 1. The van der Waals surface area contributed by atoms with Gasteiger partial charge in [0.1, 0.15) is 6.04 Å². The minimum Gasteiger partial charge on any atom is -0.297 e. The van der Waals surface area contributed by atoms with Crippen molar-refractivity contribution in [1.82, 2.24) is 10.3 Å². The van der Waals surface area contributed by atoms with E-state index in [2.05, 4.69) is 31.5 Å². The molecule has 0 spiro atoms. The van der Waals surface area contributed by atoms with Gasteiger partial charge in [-0.15, -0.1) is 0 Å². The molecule has 4 heteroatoms. The number of piperidine rings is 1. The van der Waals surface area contributed by atoms with E-state index in [9.17, 15) is 4.79 Å². The van der Waals surface area contributed by atoms with Crippen LogP contribution in [0.5, 0.6) is 0 Å². The third-order valence-electron chi connectivity index (χ3n) is 4.28. The fraction of sp³-hybridized carbons (Fsp3) is 0.917. The highest BCUT2D eigenvalue weighted by Gasteiger charge is 2.54. The van der Waals surface area contributed by atoms with Crippen molar-refractivity contribution in [1.29, 1.82) is 0 Å². The van der Waals surface area contributed by atoms with Gasteiger partial charge in [0.2, 0.25) is 0 Å². The third kappa shape index (κ3) is 1.84. The van der Waals surface area contributed by atoms with Gasteiger partial charge in [0.15, 0.2) is 0 Å². The first-order valence-electron chi connectivity index (χ1n) is 6.30. The van der Waals surface area contributed by atoms with Gasteiger partial charge in [-0.25, -0.2) is 10.0 Å². The molecule has 4 nitrogen and oxygen atoms in total. The number of fused-ring (bicyclic) bond motifs is 2. The van der Waals surface area contributed by atoms with Crippen LogP contribution in [0.2, 0.25) is 0 Å². The second-order valence-corrected chi connectivity index (χ2v) is 5.76. The largest absolute Gasteiger partial charge is 0.297 e. The summed E-state index contributed by atoms with van der Waals surface area (Å²) in [5.41, 5.74) is 3.14. The second-order valence-electron chi connectivity index (χ2n) is 5.76. The second kappa shape index (κ2) is 4.00. The van der Waals surface area contributed by atoms with Gasteiger partial charge in [-0.2, -0.15) is 0 Å². The number of hydrogen-bond donors (Lipinski definition) is 1. The molecule has 1 heterocycles. The zero-order chi connectivity index (χ0) is 11.9. The van der Waals surface area contributed by atoms with Crippen LogP contribution in [-0.4, -0.2) is 55.2 Å². The number of carbonyl (C=O) groups excluding carboxylic acids is 1. The van der Waals surface area contributed by atoms with Crippen molar-refractivity contribution in [3.8, 4) is 0 Å². The van der Waals surface area contributed by atoms with Crippen LogP contribution < -0.4 is 5.43 Å². The van der Waals surface area contributed by atoms with E-state index in [1.165, 1.54) is 19.4 Å². The molecule has 2 fully saturated rings. The number of carbonyl (C=O) groups is 1. The molecule has 1 aliphatic carbocycles. The molecule has 1 saturated heterocycles. The van der Waals surface area contributed by atoms with E-state index in [-0.39, 0.29) is 5.91 Å². The number of rotatable bonds is 3. The minimum absolute atomic E-state index is 0.152. The van der Waals surface area contributed by atoms with Crippen molar-refractivity contribution in [3.05, 3.63) is 0 Å². The van der Waals surface area contributed by atoms with Crippen molar-refractivity contribution in [2.75, 3.05) is 27.7 Å². The lowest BCUT2D eigenvalue weighted by Gasteiger charge is -2.37. The Hall–Kier alpha value is -0.610. The summed E-state index contributed by atoms with van der Waals surface area (Å²) in [4.78, 5) is 14.0. The third-order valence-corrected chi connectivity index (χ3v) is 4.28. The van der Waals surface area contributed by atoms with E-state index < -0.39 is 0 Å². The molecular formula is C12H24N3O+. The molecule has 1 N–H and O–H groups in total. The molecule has 1 saturated carbocycles. The molecule has 2 aliphatic rings. The molecule has 1 aliphatic heterocycles. The first-order valence-corrected chi connectivity index (χ1v) is 6.30. The average Bonchev–Trinajstić information content (AvgIpc) is 2.73. The molecule has 3 unspecified atom stereocenters. The summed E-state index contributed by atoms with van der Waals surface area (Å²) in [6.07, 6.45) is 3.18. The first-order chi connectivity index (χ1) is 7.45. The van der Waals surface area contributed by atoms with Gasteiger partial charge in [-0.1, -0.05) is 6.92 Å². The van der Waals surface area contributed by atoms with Gasteiger partial charge >= 0.3 is 0 Å². The fourth-order valence-electron chi connectivity index (χ4n) is 3.66. The van der Waals surface area contributed by atoms with E-state index in [1.807, 2.05) is 6.92 Å². The van der Waals surface area contributed by atoms with E-state index in [4.69, 9.17) is 0 Å². The van der Waals surface area contributed by atoms with Crippen LogP contribution in [-0.2, 0) is 4.79 Å². The molecule has 0 aromatic heterocycles. The van der Waals surface area contributed by atoms with Crippen LogP contribution in [0.1, 0.15) is 26.2 Å². The lowest BCUT2D eigenvalue weighted by Crippen LogP contribution is -2.63. The maximum Gasteiger partial charge on any atom is 0.264 e. The number of hydrogen-bond acceptors (Lipinski definition) is 2. The quantitative estimate of drug-likeness (QED) is 0.564. The smallest absolute Gasteiger partial charge is 0.264 e. The average molecular weight is 226 g/mol. The lowest BCUT2D eigenvalue weighted by molar-refractivity contribution is -0.950. The molecule has 2 bridgehead atoms. The Kier molecular flexibility index (Phi) is 2.97. The summed E-state index contributed by atoms with van der Waals surface area (Å²) in [5.74, 6) is 0.904. The van der Waals surface area contributed by atoms with E-state index in [1.54, 1.807) is 0 Å². The van der Waals surface area contributed by atoms with Crippen LogP contribution in [0.3, 0.4) is 0 Å². The molecule has 1 amide bonds. The maximum absolute atomic E-state index is 11.6. The van der Waals surface area contributed by atoms with Gasteiger partial charge in [0.05, 0.1) is 20.1 Å². The number of likely N-dealkylation sites (N-methyl/N-ethyl adjacent to an activating group) is 2. The lowest BCUT2D eigenvalue weighted by atomic mass is 10.1. The Labute approximate surface area is 98.2 Å². The van der Waals surface area contributed by atoms with Gasteiger partial charge in [-0.3, -0.25) is 9.69 Å². The molecule has 2 rings (SSSR count). The molecule has 16 heavy (non-hydrogen) atoms. The maximum atomic E-state index is 11.6. The molecule has 92 valence electrons. The summed E-state index contributed by atoms with van der Waals surface area (Å²) in [6.45, 7) is 3.10. The summed E-state index contributed by atoms with van der Waals surface area (Å²) in [6, 6.07) is 1.22. The zero-order valence-electron chi connectivity index (χ0n) is 10.9. The van der Waals surface area contributed by atoms with Crippen molar-refractivity contribution in [2.24, 2.45) is 5.92 Å². The number of nitrogens with zero attached hydrogens (tertiary/aromatic N) is 2. The number of likely N-dealkylation sites (tertiary alicyclic amines) is 1. The molecule has 3 atom stereocenters. The first kappa shape index (κ1) is 11.9. The molecular weight excluding hydrogens is 202 g/mol. The van der Waals surface area contributed by atoms with E-state index in [0.717, 1.165) is 5.92 Å². The zero-order valence-corrected chi connectivity index (χ0v) is 10.9. The van der Waals surface area contributed by atoms with Crippen LogP contribution >= 0.6 is 0 Å². The summed E-state index contributed by atoms with van der Waals surface area (Å²) >= 11 is 0. The topological polar surface area (TPSA) is 32.3 Å². The van der Waals surface area contributed by atoms with E-state index in [0.29, 0.717) is 23.1 Å². The van der Waals surface area contributed by atoms with Crippen molar-refractivity contribution in [3.63, 3.8) is 0 Å². The Morgan fingerprint density at radius 2 is 2.12 bits per heavy atom. The van der Waals surface area contributed by atoms with Crippen LogP contribution in [0.25, 0.3) is 0 Å². The van der Waals surface area contributed by atoms with Crippen molar-refractivity contribution >= 4 is 5.91 Å². The van der Waals surface area contributed by atoms with Crippen molar-refractivity contribution < 1.29 is 9.39 Å². The normalized spacial score (nSPS) is 34.4. The van der Waals surface area contributed by atoms with Gasteiger partial charge in [0.25, 0.3) is 5.91 Å². The van der Waals surface area contributed by atoms with Crippen LogP contribution in [0.4, 0.5) is 0 Å². The summed E-state index contributed by atoms with van der Waals surface area (Å²) in [7, 11) is 6.46. The van der Waals surface area contributed by atoms with Gasteiger partial charge in [0, 0.05) is 18.9 Å². The van der Waals surface area contributed by atoms with E-state index >= 15 is 0 Å². The predicted octanol–water partition coefficient (Wildman–Crippen LogP) is 0.597. The summed E-state index contributed by atoms with van der Waals surface area (Å²) in [5, 5.41) is 0. The van der Waals surface area contributed by atoms with Crippen LogP contribution in [0.15, 0.2) is 0 Å². The van der Waals surface area contributed by atoms with Crippen LogP contribution in [0, 0.1) is 5.92 Å². The summed E-state index contributed by atoms with van der Waals surface area (Å²) < 4.78 is 0.645. The SMILES string of the molecule is CCC(=O)N[N+](C)(C)C1C2CCC1N(C)C2. The molecule has 0 aromatic rings. The van der Waals surface area contributed by atoms with Gasteiger partial charge < -0.3 is 0 Å². The number of quaternary nitrogens is 1. The predicted molar refractivity (Wildman–Crippen MR) is 63.5 cm³/mol. The monoisotopic (exact) mass is 226 g/mol. The standard InChI is InChI=1S/C12H23N3O/c1-5-11(16)13-15(3,4)12-9-6-7-10(12)14(2)8-9/h9-10,12H,5-8H2,1-4H3/p+1. The Morgan fingerprint density at radius 3 is 2.56 bits per heavy atom. The highest BCUT2D eigenvalue weighted by molar-refractivity contribution is 5.74. The minimum atomic E-state index is 0.152. The van der Waals surface area contributed by atoms with Crippen molar-refractivity contribution in [2.45, 2.75) is 38.3 Å². The Morgan fingerprint density at radius 1 is 1.44 bits per heavy atom. The highest BCUT2D eigenvalue weighted by atomic mass is 16.2. The van der Waals surface area contributed by atoms with Gasteiger partial charge in [-0.05, 0) is 19.9 Å². The fourth-order valence-corrected chi connectivity index (χ4v) is 3.66. The molecule has 0 aromatic carbocycles.